The molecule has 5 nitrogen and oxygen atoms in total. The second-order valence-electron chi connectivity index (χ2n) is 8.49. The van der Waals surface area contributed by atoms with Gasteiger partial charge in [0.15, 0.2) is 0 Å². The van der Waals surface area contributed by atoms with Gasteiger partial charge < -0.3 is 5.73 Å². The number of anilines is 1. The predicted octanol–water partition coefficient (Wildman–Crippen LogP) is 5.04. The largest absolute Gasteiger partial charge is 0.383 e. The molecule has 2 aliphatic carbocycles. The van der Waals surface area contributed by atoms with Gasteiger partial charge in [-0.3, -0.25) is 9.88 Å². The monoisotopic (exact) mass is 427 g/mol. The molecule has 0 aromatic carbocycles. The molecule has 0 bridgehead atoms. The van der Waals surface area contributed by atoms with E-state index in [1.54, 1.807) is 12.5 Å². The van der Waals surface area contributed by atoms with Gasteiger partial charge in [0.05, 0.1) is 10.4 Å². The second kappa shape index (κ2) is 7.82. The molecule has 2 N–H and O–H groups in total. The predicted molar refractivity (Wildman–Crippen MR) is 119 cm³/mol. The van der Waals surface area contributed by atoms with Crippen LogP contribution in [0.5, 0.6) is 0 Å². The van der Waals surface area contributed by atoms with Gasteiger partial charge in [-0.05, 0) is 68.2 Å². The Labute approximate surface area is 180 Å². The van der Waals surface area contributed by atoms with Crippen LogP contribution >= 0.6 is 22.9 Å². The van der Waals surface area contributed by atoms with E-state index >= 15 is 0 Å². The zero-order valence-electron chi connectivity index (χ0n) is 16.6. The topological polar surface area (TPSA) is 67.9 Å². The van der Waals surface area contributed by atoms with Crippen LogP contribution in [0.2, 0.25) is 5.02 Å². The maximum Gasteiger partial charge on any atom is 0.135 e. The van der Waals surface area contributed by atoms with Crippen molar-refractivity contribution in [3.63, 3.8) is 0 Å². The molecule has 0 amide bonds. The lowest BCUT2D eigenvalue weighted by Crippen LogP contribution is -2.37. The summed E-state index contributed by atoms with van der Waals surface area (Å²) in [6.07, 6.45) is 12.6. The first-order valence-electron chi connectivity index (χ1n) is 10.4. The maximum absolute atomic E-state index is 6.34. The number of aromatic nitrogens is 3. The van der Waals surface area contributed by atoms with Crippen LogP contribution in [0, 0.1) is 5.92 Å². The number of nitrogens with two attached hydrogens (primary N) is 1. The zero-order valence-corrected chi connectivity index (χ0v) is 18.2. The number of fused-ring (bicyclic) bond motifs is 3. The van der Waals surface area contributed by atoms with E-state index in [2.05, 4.69) is 26.9 Å². The van der Waals surface area contributed by atoms with E-state index in [0.29, 0.717) is 23.7 Å². The van der Waals surface area contributed by atoms with E-state index in [1.807, 2.05) is 23.6 Å². The van der Waals surface area contributed by atoms with Gasteiger partial charge in [-0.1, -0.05) is 18.0 Å². The fourth-order valence-corrected chi connectivity index (χ4v) is 6.81. The lowest BCUT2D eigenvalue weighted by Gasteiger charge is -2.38. The minimum Gasteiger partial charge on any atom is -0.383 e. The number of thiophene rings is 1. The molecule has 0 spiro atoms. The number of aryl methyl sites for hydroxylation is 1. The summed E-state index contributed by atoms with van der Waals surface area (Å²) in [5.74, 6) is 1.94. The molecule has 0 radical (unpaired) electrons. The van der Waals surface area contributed by atoms with E-state index < -0.39 is 0 Å². The first-order chi connectivity index (χ1) is 14.1. The number of hydrogen-bond acceptors (Lipinski definition) is 6. The Morgan fingerprint density at radius 3 is 3.03 bits per heavy atom. The van der Waals surface area contributed by atoms with Crippen molar-refractivity contribution in [2.45, 2.75) is 57.0 Å². The average molecular weight is 428 g/mol. The summed E-state index contributed by atoms with van der Waals surface area (Å²) in [7, 11) is 2.23. The minimum atomic E-state index is 0.584. The molecule has 3 atom stereocenters. The number of nitrogens with zero attached hydrogens (tertiary/aromatic N) is 4. The van der Waals surface area contributed by atoms with Crippen LogP contribution in [0.3, 0.4) is 0 Å². The minimum absolute atomic E-state index is 0.584. The van der Waals surface area contributed by atoms with Crippen LogP contribution < -0.4 is 5.73 Å². The normalized spacial score (nSPS) is 24.3. The highest BCUT2D eigenvalue weighted by Crippen LogP contribution is 2.51. The van der Waals surface area contributed by atoms with Gasteiger partial charge in [0, 0.05) is 29.9 Å². The van der Waals surface area contributed by atoms with Crippen molar-refractivity contribution in [3.8, 4) is 0 Å². The van der Waals surface area contributed by atoms with Gasteiger partial charge in [0.2, 0.25) is 0 Å². The molecule has 29 heavy (non-hydrogen) atoms. The van der Waals surface area contributed by atoms with Crippen molar-refractivity contribution in [2.24, 2.45) is 5.92 Å². The molecule has 3 aromatic rings. The van der Waals surface area contributed by atoms with Crippen LogP contribution in [-0.4, -0.2) is 32.9 Å². The summed E-state index contributed by atoms with van der Waals surface area (Å²) in [6, 6.07) is 2.61. The Morgan fingerprint density at radius 2 is 2.17 bits per heavy atom. The molecule has 3 heterocycles. The van der Waals surface area contributed by atoms with Gasteiger partial charge >= 0.3 is 0 Å². The van der Waals surface area contributed by atoms with E-state index in [9.17, 15) is 0 Å². The lowest BCUT2D eigenvalue weighted by atomic mass is 9.75. The first kappa shape index (κ1) is 19.2. The van der Waals surface area contributed by atoms with Crippen molar-refractivity contribution in [3.05, 3.63) is 45.8 Å². The number of pyridine rings is 1. The molecule has 2 aliphatic rings. The van der Waals surface area contributed by atoms with E-state index in [-0.39, 0.29) is 0 Å². The summed E-state index contributed by atoms with van der Waals surface area (Å²) >= 11 is 8.16. The molecule has 3 aromatic heterocycles. The standard InChI is InChI=1S/C22H26ClN5S/c1-28(11-14-7-8-25-10-17(14)23)15-4-2-3-13(9-15)16-5-6-18-19(16)20-21(24)26-12-27-22(20)29-18/h7-8,10,12-13,15-16H,2-6,9,11H2,1H3,(H2,24,26,27)/t13?,15-,16?/m0/s1. The van der Waals surface area contributed by atoms with Crippen LogP contribution in [0.25, 0.3) is 10.2 Å². The Hall–Kier alpha value is -1.76. The summed E-state index contributed by atoms with van der Waals surface area (Å²) in [6.45, 7) is 0.872. The average Bonchev–Trinajstić information content (AvgIpc) is 3.29. The SMILES string of the molecule is CN(Cc1ccncc1Cl)[C@H]1CCCC(C2CCc3sc4ncnc(N)c4c32)C1. The molecule has 0 aliphatic heterocycles. The Kier molecular flexibility index (Phi) is 5.18. The second-order valence-corrected chi connectivity index (χ2v) is 9.98. The molecule has 1 saturated carbocycles. The van der Waals surface area contributed by atoms with Crippen molar-refractivity contribution < 1.29 is 0 Å². The van der Waals surface area contributed by atoms with Crippen molar-refractivity contribution >= 4 is 39.0 Å². The first-order valence-corrected chi connectivity index (χ1v) is 11.6. The molecular weight excluding hydrogens is 402 g/mol. The highest BCUT2D eigenvalue weighted by atomic mass is 35.5. The summed E-state index contributed by atoms with van der Waals surface area (Å²) in [5, 5.41) is 1.89. The van der Waals surface area contributed by atoms with E-state index in [0.717, 1.165) is 33.8 Å². The van der Waals surface area contributed by atoms with Gasteiger partial charge in [-0.15, -0.1) is 11.3 Å². The highest BCUT2D eigenvalue weighted by molar-refractivity contribution is 7.19. The fourth-order valence-electron chi connectivity index (χ4n) is 5.40. The fraction of sp³-hybridized carbons (Fsp3) is 0.500. The molecule has 7 heteroatoms. The quantitative estimate of drug-likeness (QED) is 0.631. The Morgan fingerprint density at radius 1 is 1.28 bits per heavy atom. The Bertz CT molecular complexity index is 1040. The summed E-state index contributed by atoms with van der Waals surface area (Å²) < 4.78 is 0. The Balaban J connectivity index is 1.36. The lowest BCUT2D eigenvalue weighted by molar-refractivity contribution is 0.139. The molecule has 152 valence electrons. The maximum atomic E-state index is 6.34. The third kappa shape index (κ3) is 3.51. The van der Waals surface area contributed by atoms with Gasteiger partial charge in [0.25, 0.3) is 0 Å². The van der Waals surface area contributed by atoms with Crippen LogP contribution in [0.1, 0.15) is 54.0 Å². The van der Waals surface area contributed by atoms with Crippen LogP contribution in [-0.2, 0) is 13.0 Å². The van der Waals surface area contributed by atoms with Crippen molar-refractivity contribution in [2.75, 3.05) is 12.8 Å². The third-order valence-electron chi connectivity index (χ3n) is 6.84. The van der Waals surface area contributed by atoms with E-state index in [1.165, 1.54) is 42.5 Å². The van der Waals surface area contributed by atoms with Crippen molar-refractivity contribution in [1.82, 2.24) is 19.9 Å². The molecule has 5 rings (SSSR count). The van der Waals surface area contributed by atoms with Gasteiger partial charge in [-0.25, -0.2) is 9.97 Å². The van der Waals surface area contributed by atoms with Crippen LogP contribution in [0.4, 0.5) is 5.82 Å². The van der Waals surface area contributed by atoms with Crippen LogP contribution in [0.15, 0.2) is 24.8 Å². The smallest absolute Gasteiger partial charge is 0.135 e. The zero-order chi connectivity index (χ0) is 20.0. The van der Waals surface area contributed by atoms with E-state index in [4.69, 9.17) is 17.3 Å². The number of rotatable bonds is 4. The highest BCUT2D eigenvalue weighted by Gasteiger charge is 2.37. The summed E-state index contributed by atoms with van der Waals surface area (Å²) in [5.41, 5.74) is 8.89. The molecule has 2 unspecified atom stereocenters. The van der Waals surface area contributed by atoms with Gasteiger partial charge in [0.1, 0.15) is 17.0 Å². The van der Waals surface area contributed by atoms with Gasteiger partial charge in [-0.2, -0.15) is 0 Å². The third-order valence-corrected chi connectivity index (χ3v) is 8.35. The number of hydrogen-bond donors (Lipinski definition) is 1. The van der Waals surface area contributed by atoms with Crippen molar-refractivity contribution in [1.29, 1.82) is 0 Å². The molecule has 1 fully saturated rings. The molecule has 0 saturated heterocycles. The summed E-state index contributed by atoms with van der Waals surface area (Å²) in [4.78, 5) is 17.9. The molecular formula is C22H26ClN5S. The number of nitrogen functional groups attached to an aromatic ring is 1. The number of halogens is 1.